The van der Waals surface area contributed by atoms with Crippen LogP contribution in [-0.2, 0) is 11.3 Å². The molecule has 2 aromatic carbocycles. The number of nitrogens with one attached hydrogen (secondary N) is 2. The summed E-state index contributed by atoms with van der Waals surface area (Å²) in [5.74, 6) is 0.0707. The molecule has 0 spiro atoms. The zero-order valence-electron chi connectivity index (χ0n) is 22.3. The van der Waals surface area contributed by atoms with Crippen LogP contribution >= 0.6 is 71.3 Å². The molecule has 0 saturated carbocycles. The number of nitrogens with zero attached hydrogens (tertiary/aromatic N) is 3. The summed E-state index contributed by atoms with van der Waals surface area (Å²) in [6.45, 7) is 6.38. The normalized spacial score (nSPS) is 17.6. The van der Waals surface area contributed by atoms with Gasteiger partial charge in [-0.25, -0.2) is 4.98 Å². The Balaban J connectivity index is 0.00000220. The van der Waals surface area contributed by atoms with E-state index in [1.165, 1.54) is 24.8 Å². The van der Waals surface area contributed by atoms with E-state index in [4.69, 9.17) is 28.2 Å². The average molecular weight is 664 g/mol. The Morgan fingerprint density at radius 1 is 1.15 bits per heavy atom. The Hall–Kier alpha value is -1.23. The molecule has 0 radical (unpaired) electrons. The molecule has 40 heavy (non-hydrogen) atoms. The lowest BCUT2D eigenvalue weighted by Gasteiger charge is -2.37. The topological polar surface area (TPSA) is 60.5 Å². The van der Waals surface area contributed by atoms with Gasteiger partial charge < -0.3 is 10.6 Å². The molecule has 1 amide bonds. The van der Waals surface area contributed by atoms with Crippen molar-refractivity contribution in [3.05, 3.63) is 63.5 Å². The van der Waals surface area contributed by atoms with E-state index in [9.17, 15) is 4.79 Å². The molecule has 3 aromatic rings. The van der Waals surface area contributed by atoms with Gasteiger partial charge in [-0.15, -0.1) is 36.2 Å². The van der Waals surface area contributed by atoms with Crippen LogP contribution in [0.15, 0.2) is 52.2 Å². The highest BCUT2D eigenvalue weighted by Crippen LogP contribution is 2.35. The molecule has 1 aromatic heterocycles. The fourth-order valence-corrected chi connectivity index (χ4v) is 7.31. The SMILES string of the molecule is CC(=O)N(Sc1nc(-c2cccc(NC[C@H]3CCCN3)c2)cs1)C1CCN(Cc2ccc(Cl)c(Cl)c2)CC1.Cl.Cl. The Labute approximate surface area is 267 Å². The van der Waals surface area contributed by atoms with Crippen LogP contribution in [0.25, 0.3) is 11.3 Å². The minimum atomic E-state index is 0. The Morgan fingerprint density at radius 2 is 1.95 bits per heavy atom. The van der Waals surface area contributed by atoms with E-state index in [1.54, 1.807) is 18.3 Å². The number of aromatic nitrogens is 1. The van der Waals surface area contributed by atoms with Crippen molar-refractivity contribution in [2.24, 2.45) is 0 Å². The van der Waals surface area contributed by atoms with Gasteiger partial charge in [0.2, 0.25) is 5.91 Å². The second-order valence-electron chi connectivity index (χ2n) is 9.95. The molecule has 0 bridgehead atoms. The quantitative estimate of drug-likeness (QED) is 0.230. The van der Waals surface area contributed by atoms with Crippen molar-refractivity contribution < 1.29 is 4.79 Å². The van der Waals surface area contributed by atoms with E-state index in [2.05, 4.69) is 45.2 Å². The molecule has 218 valence electrons. The second kappa shape index (κ2) is 15.8. The molecule has 2 fully saturated rings. The Kier molecular flexibility index (Phi) is 13.2. The number of hydrogen-bond acceptors (Lipinski definition) is 7. The van der Waals surface area contributed by atoms with E-state index in [1.807, 2.05) is 22.5 Å². The van der Waals surface area contributed by atoms with Crippen LogP contribution in [0.5, 0.6) is 0 Å². The van der Waals surface area contributed by atoms with Crippen LogP contribution < -0.4 is 10.6 Å². The second-order valence-corrected chi connectivity index (χ2v) is 12.8. The minimum Gasteiger partial charge on any atom is -0.383 e. The molecule has 2 aliphatic rings. The third kappa shape index (κ3) is 8.88. The maximum absolute atomic E-state index is 12.6. The van der Waals surface area contributed by atoms with Crippen molar-refractivity contribution in [3.8, 4) is 11.3 Å². The molecule has 1 atom stereocenters. The molecular formula is C28H35Cl4N5OS2. The van der Waals surface area contributed by atoms with E-state index in [-0.39, 0.29) is 36.8 Å². The highest BCUT2D eigenvalue weighted by Gasteiger charge is 2.28. The first-order valence-electron chi connectivity index (χ1n) is 13.1. The van der Waals surface area contributed by atoms with Gasteiger partial charge in [0, 0.05) is 73.8 Å². The number of carbonyl (C=O) groups excluding carboxylic acids is 1. The van der Waals surface area contributed by atoms with Crippen LogP contribution in [0.3, 0.4) is 0 Å². The molecular weight excluding hydrogens is 628 g/mol. The number of benzene rings is 2. The van der Waals surface area contributed by atoms with E-state index >= 15 is 0 Å². The van der Waals surface area contributed by atoms with Crippen molar-refractivity contribution in [1.29, 1.82) is 0 Å². The molecule has 2 N–H and O–H groups in total. The van der Waals surface area contributed by atoms with Crippen molar-refractivity contribution in [3.63, 3.8) is 0 Å². The average Bonchev–Trinajstić information content (AvgIpc) is 3.61. The number of rotatable bonds is 9. The van der Waals surface area contributed by atoms with Gasteiger partial charge >= 0.3 is 0 Å². The Bertz CT molecular complexity index is 1250. The predicted molar refractivity (Wildman–Crippen MR) is 175 cm³/mol. The summed E-state index contributed by atoms with van der Waals surface area (Å²) in [6, 6.07) is 15.0. The van der Waals surface area contributed by atoms with Gasteiger partial charge in [-0.05, 0) is 62.1 Å². The Morgan fingerprint density at radius 3 is 2.65 bits per heavy atom. The van der Waals surface area contributed by atoms with Crippen molar-refractivity contribution in [1.82, 2.24) is 19.5 Å². The van der Waals surface area contributed by atoms with Gasteiger partial charge in [-0.3, -0.25) is 14.0 Å². The lowest BCUT2D eigenvalue weighted by atomic mass is 10.0. The smallest absolute Gasteiger partial charge is 0.229 e. The number of likely N-dealkylation sites (tertiary alicyclic amines) is 1. The largest absolute Gasteiger partial charge is 0.383 e. The van der Waals surface area contributed by atoms with E-state index in [0.717, 1.165) is 72.4 Å². The van der Waals surface area contributed by atoms with Crippen LogP contribution in [0.4, 0.5) is 5.69 Å². The summed E-state index contributed by atoms with van der Waals surface area (Å²) < 4.78 is 2.81. The van der Waals surface area contributed by atoms with E-state index < -0.39 is 0 Å². The monoisotopic (exact) mass is 661 g/mol. The first-order valence-corrected chi connectivity index (χ1v) is 15.5. The van der Waals surface area contributed by atoms with Gasteiger partial charge in [0.15, 0.2) is 4.34 Å². The summed E-state index contributed by atoms with van der Waals surface area (Å²) in [5, 5.41) is 10.3. The molecule has 2 saturated heterocycles. The standard InChI is InChI=1S/C28H33Cl2N5OS2.2ClH/c1-19(36)35(24-9-12-34(13-10-24)17-20-7-8-25(29)26(30)14-20)38-28-33-27(18-37-28)21-4-2-5-22(15-21)32-16-23-6-3-11-31-23;;/h2,4-5,7-8,14-15,18,23-24,31-32H,3,6,9-13,16-17H2,1H3;2*1H/t23-;;/m1../s1. The minimum absolute atomic E-state index is 0. The molecule has 3 heterocycles. The number of piperidine rings is 1. The lowest BCUT2D eigenvalue weighted by Crippen LogP contribution is -2.43. The molecule has 0 unspecified atom stereocenters. The third-order valence-electron chi connectivity index (χ3n) is 7.12. The van der Waals surface area contributed by atoms with Gasteiger partial charge in [-0.1, -0.05) is 41.4 Å². The molecule has 0 aliphatic carbocycles. The van der Waals surface area contributed by atoms with Gasteiger partial charge in [0.1, 0.15) is 0 Å². The number of amides is 1. The van der Waals surface area contributed by atoms with Gasteiger partial charge in [0.25, 0.3) is 0 Å². The number of carbonyl (C=O) groups is 1. The summed E-state index contributed by atoms with van der Waals surface area (Å²) in [4.78, 5) is 19.9. The number of halogens is 4. The number of anilines is 1. The fraction of sp³-hybridized carbons (Fsp3) is 0.429. The van der Waals surface area contributed by atoms with E-state index in [0.29, 0.717) is 16.1 Å². The zero-order chi connectivity index (χ0) is 26.5. The summed E-state index contributed by atoms with van der Waals surface area (Å²) in [5.41, 5.74) is 4.29. The number of thiazole rings is 1. The predicted octanol–water partition coefficient (Wildman–Crippen LogP) is 7.64. The molecule has 5 rings (SSSR count). The zero-order valence-corrected chi connectivity index (χ0v) is 27.1. The van der Waals surface area contributed by atoms with Crippen LogP contribution in [-0.4, -0.2) is 58.4 Å². The maximum Gasteiger partial charge on any atom is 0.229 e. The van der Waals surface area contributed by atoms with Crippen LogP contribution in [0.2, 0.25) is 10.0 Å². The van der Waals surface area contributed by atoms with Crippen LogP contribution in [0.1, 0.15) is 38.2 Å². The highest BCUT2D eigenvalue weighted by molar-refractivity contribution is 7.99. The van der Waals surface area contributed by atoms with Gasteiger partial charge in [-0.2, -0.15) is 0 Å². The molecule has 12 heteroatoms. The fourth-order valence-electron chi connectivity index (χ4n) is 5.08. The molecule has 6 nitrogen and oxygen atoms in total. The van der Waals surface area contributed by atoms with Crippen LogP contribution in [0, 0.1) is 0 Å². The first kappa shape index (κ1) is 33.3. The van der Waals surface area contributed by atoms with Crippen molar-refractivity contribution in [2.45, 2.75) is 55.6 Å². The highest BCUT2D eigenvalue weighted by atomic mass is 35.5. The van der Waals surface area contributed by atoms with Gasteiger partial charge in [0.05, 0.1) is 15.7 Å². The third-order valence-corrected chi connectivity index (χ3v) is 10.0. The molecule has 2 aliphatic heterocycles. The summed E-state index contributed by atoms with van der Waals surface area (Å²) in [6.07, 6.45) is 4.33. The maximum atomic E-state index is 12.6. The summed E-state index contributed by atoms with van der Waals surface area (Å²) >= 11 is 15.3. The first-order chi connectivity index (χ1) is 18.4. The van der Waals surface area contributed by atoms with Crippen molar-refractivity contribution >= 4 is 82.9 Å². The number of hydrogen-bond donors (Lipinski definition) is 2. The van der Waals surface area contributed by atoms with Crippen molar-refractivity contribution in [2.75, 3.05) is 31.5 Å². The lowest BCUT2D eigenvalue weighted by molar-refractivity contribution is -0.125. The summed E-state index contributed by atoms with van der Waals surface area (Å²) in [7, 11) is 0.